The first-order valence-electron chi connectivity index (χ1n) is 5.15. The second-order valence-corrected chi connectivity index (χ2v) is 6.52. The molecular weight excluding hydrogens is 327 g/mol. The molecule has 0 saturated heterocycles. The Morgan fingerprint density at radius 3 is 2.84 bits per heavy atom. The van der Waals surface area contributed by atoms with Crippen LogP contribution in [0.5, 0.6) is 0 Å². The summed E-state index contributed by atoms with van der Waals surface area (Å²) in [5.74, 6) is -0.207. The van der Waals surface area contributed by atoms with Gasteiger partial charge in [-0.2, -0.15) is 0 Å². The van der Waals surface area contributed by atoms with E-state index in [4.69, 9.17) is 23.2 Å². The van der Waals surface area contributed by atoms with Crippen LogP contribution in [0.1, 0.15) is 6.92 Å². The highest BCUT2D eigenvalue weighted by Gasteiger charge is 2.12. The minimum atomic E-state index is -0.276. The number of halogens is 2. The molecular formula is C11H8Cl2N2O2S2. The average molecular weight is 335 g/mol. The second kappa shape index (κ2) is 6.09. The fourth-order valence-corrected chi connectivity index (χ4v) is 3.03. The largest absolute Gasteiger partial charge is 0.301 e. The van der Waals surface area contributed by atoms with Gasteiger partial charge in [-0.3, -0.25) is 9.59 Å². The first-order chi connectivity index (χ1) is 8.97. The molecule has 2 aromatic rings. The molecule has 2 rings (SSSR count). The summed E-state index contributed by atoms with van der Waals surface area (Å²) in [4.78, 5) is 26.5. The highest BCUT2D eigenvalue weighted by atomic mass is 35.5. The van der Waals surface area contributed by atoms with E-state index < -0.39 is 0 Å². The summed E-state index contributed by atoms with van der Waals surface area (Å²) in [6.07, 6.45) is 0. The number of carbonyl (C=O) groups is 2. The average Bonchev–Trinajstić information content (AvgIpc) is 2.75. The molecule has 19 heavy (non-hydrogen) atoms. The lowest BCUT2D eigenvalue weighted by molar-refractivity contribution is -0.114. The molecule has 0 unspecified atom stereocenters. The molecule has 0 atom stereocenters. The third-order valence-electron chi connectivity index (χ3n) is 2.10. The number of carbonyl (C=O) groups excluding carboxylic acids is 2. The van der Waals surface area contributed by atoms with Crippen molar-refractivity contribution in [1.29, 1.82) is 0 Å². The van der Waals surface area contributed by atoms with Crippen LogP contribution in [0, 0.1) is 0 Å². The number of nitrogens with one attached hydrogen (secondary N) is 1. The Balaban J connectivity index is 2.16. The van der Waals surface area contributed by atoms with Crippen LogP contribution in [-0.2, 0) is 9.59 Å². The predicted molar refractivity (Wildman–Crippen MR) is 81.4 cm³/mol. The third-order valence-corrected chi connectivity index (χ3v) is 4.65. The minimum Gasteiger partial charge on any atom is -0.301 e. The number of hydrogen-bond acceptors (Lipinski definition) is 5. The van der Waals surface area contributed by atoms with Gasteiger partial charge in [0.05, 0.1) is 20.5 Å². The maximum Gasteiger partial charge on any atom is 0.236 e. The standard InChI is InChI=1S/C11H8Cl2N2O2S2/c1-5(16)18-4-8(17)14-11-15-10-7(19-11)3-2-6(12)9(10)13/h2-3H,4H2,1H3,(H,14,15,17). The molecule has 0 saturated carbocycles. The molecule has 0 aliphatic heterocycles. The van der Waals surface area contributed by atoms with E-state index in [2.05, 4.69) is 10.3 Å². The number of thiazole rings is 1. The maximum absolute atomic E-state index is 11.6. The SMILES string of the molecule is CC(=O)SCC(=O)Nc1nc2c(Cl)c(Cl)ccc2s1. The van der Waals surface area contributed by atoms with Crippen molar-refractivity contribution in [2.75, 3.05) is 11.1 Å². The van der Waals surface area contributed by atoms with Gasteiger partial charge in [-0.15, -0.1) is 0 Å². The lowest BCUT2D eigenvalue weighted by Crippen LogP contribution is -2.14. The van der Waals surface area contributed by atoms with E-state index in [1.54, 1.807) is 12.1 Å². The van der Waals surface area contributed by atoms with Crippen molar-refractivity contribution in [3.05, 3.63) is 22.2 Å². The zero-order valence-electron chi connectivity index (χ0n) is 9.70. The van der Waals surface area contributed by atoms with Gasteiger partial charge in [0.1, 0.15) is 5.52 Å². The molecule has 8 heteroatoms. The van der Waals surface area contributed by atoms with Crippen molar-refractivity contribution in [2.45, 2.75) is 6.92 Å². The van der Waals surface area contributed by atoms with E-state index in [-0.39, 0.29) is 16.8 Å². The van der Waals surface area contributed by atoms with Gasteiger partial charge in [-0.25, -0.2) is 4.98 Å². The van der Waals surface area contributed by atoms with Crippen molar-refractivity contribution >= 4 is 72.7 Å². The normalized spacial score (nSPS) is 10.7. The number of amides is 1. The molecule has 0 aliphatic rings. The lowest BCUT2D eigenvalue weighted by Gasteiger charge is -1.98. The summed E-state index contributed by atoms with van der Waals surface area (Å²) < 4.78 is 0.837. The molecule has 0 fully saturated rings. The Morgan fingerprint density at radius 2 is 2.16 bits per heavy atom. The number of nitrogens with zero attached hydrogens (tertiary/aromatic N) is 1. The van der Waals surface area contributed by atoms with E-state index in [1.165, 1.54) is 18.3 Å². The van der Waals surface area contributed by atoms with Crippen LogP contribution in [0.25, 0.3) is 10.2 Å². The molecule has 0 radical (unpaired) electrons. The van der Waals surface area contributed by atoms with Crippen LogP contribution >= 0.6 is 46.3 Å². The molecule has 0 aliphatic carbocycles. The Hall–Kier alpha value is -0.820. The van der Waals surface area contributed by atoms with Gasteiger partial charge < -0.3 is 5.32 Å². The Morgan fingerprint density at radius 1 is 1.42 bits per heavy atom. The minimum absolute atomic E-state index is 0.0692. The summed E-state index contributed by atoms with van der Waals surface area (Å²) in [6.45, 7) is 1.41. The Labute approximate surface area is 127 Å². The maximum atomic E-state index is 11.6. The summed E-state index contributed by atoms with van der Waals surface area (Å²) in [5.41, 5.74) is 0.564. The number of anilines is 1. The van der Waals surface area contributed by atoms with Gasteiger partial charge in [0, 0.05) is 6.92 Å². The van der Waals surface area contributed by atoms with Crippen molar-refractivity contribution in [1.82, 2.24) is 4.98 Å². The number of rotatable bonds is 3. The van der Waals surface area contributed by atoms with Crippen LogP contribution in [0.15, 0.2) is 12.1 Å². The molecule has 1 heterocycles. The van der Waals surface area contributed by atoms with Crippen LogP contribution < -0.4 is 5.32 Å². The van der Waals surface area contributed by atoms with Gasteiger partial charge in [0.15, 0.2) is 10.2 Å². The van der Waals surface area contributed by atoms with Crippen LogP contribution in [0.4, 0.5) is 5.13 Å². The van der Waals surface area contributed by atoms with Crippen LogP contribution in [0.3, 0.4) is 0 Å². The zero-order chi connectivity index (χ0) is 14.0. The molecule has 1 aromatic heterocycles. The molecule has 1 amide bonds. The second-order valence-electron chi connectivity index (χ2n) is 3.56. The van der Waals surface area contributed by atoms with Crippen LogP contribution in [0.2, 0.25) is 10.0 Å². The molecule has 1 aromatic carbocycles. The number of thioether (sulfide) groups is 1. The van der Waals surface area contributed by atoms with E-state index in [0.717, 1.165) is 16.5 Å². The smallest absolute Gasteiger partial charge is 0.236 e. The molecule has 100 valence electrons. The predicted octanol–water partition coefficient (Wildman–Crippen LogP) is 3.82. The number of hydrogen-bond donors (Lipinski definition) is 1. The lowest BCUT2D eigenvalue weighted by atomic mass is 10.3. The zero-order valence-corrected chi connectivity index (χ0v) is 12.8. The third kappa shape index (κ3) is 3.60. The van der Waals surface area contributed by atoms with Gasteiger partial charge >= 0.3 is 0 Å². The summed E-state index contributed by atoms with van der Waals surface area (Å²) in [7, 11) is 0. The van der Waals surface area contributed by atoms with Gasteiger partial charge in [-0.1, -0.05) is 46.3 Å². The Bertz CT molecular complexity index is 657. The Kier molecular flexibility index (Phi) is 4.67. The van der Waals surface area contributed by atoms with E-state index in [9.17, 15) is 9.59 Å². The topological polar surface area (TPSA) is 59.1 Å². The van der Waals surface area contributed by atoms with Crippen molar-refractivity contribution < 1.29 is 9.59 Å². The van der Waals surface area contributed by atoms with Gasteiger partial charge in [0.2, 0.25) is 5.91 Å². The van der Waals surface area contributed by atoms with E-state index in [0.29, 0.717) is 20.7 Å². The highest BCUT2D eigenvalue weighted by molar-refractivity contribution is 8.14. The first-order valence-corrected chi connectivity index (χ1v) is 7.71. The molecule has 0 bridgehead atoms. The van der Waals surface area contributed by atoms with Crippen molar-refractivity contribution in [3.63, 3.8) is 0 Å². The molecule has 4 nitrogen and oxygen atoms in total. The first kappa shape index (κ1) is 14.6. The quantitative estimate of drug-likeness (QED) is 0.926. The number of fused-ring (bicyclic) bond motifs is 1. The summed E-state index contributed by atoms with van der Waals surface area (Å²) in [5, 5.41) is 3.75. The number of aromatic nitrogens is 1. The van der Waals surface area contributed by atoms with Gasteiger partial charge in [0.25, 0.3) is 0 Å². The fourth-order valence-electron chi connectivity index (χ4n) is 1.31. The number of benzene rings is 1. The summed E-state index contributed by atoms with van der Waals surface area (Å²) in [6, 6.07) is 3.47. The summed E-state index contributed by atoms with van der Waals surface area (Å²) >= 11 is 14.2. The van der Waals surface area contributed by atoms with Crippen LogP contribution in [-0.4, -0.2) is 21.8 Å². The molecule has 1 N–H and O–H groups in total. The molecule has 0 spiro atoms. The highest BCUT2D eigenvalue weighted by Crippen LogP contribution is 2.35. The van der Waals surface area contributed by atoms with Crippen molar-refractivity contribution in [2.24, 2.45) is 0 Å². The van der Waals surface area contributed by atoms with E-state index >= 15 is 0 Å². The van der Waals surface area contributed by atoms with Crippen molar-refractivity contribution in [3.8, 4) is 0 Å². The van der Waals surface area contributed by atoms with Gasteiger partial charge in [-0.05, 0) is 12.1 Å². The monoisotopic (exact) mass is 334 g/mol. The van der Waals surface area contributed by atoms with E-state index in [1.807, 2.05) is 0 Å². The fraction of sp³-hybridized carbons (Fsp3) is 0.182.